The molecule has 0 fully saturated rings. The molecule has 0 aliphatic heterocycles. The van der Waals surface area contributed by atoms with Crippen LogP contribution in [0.4, 0.5) is 0 Å². The quantitative estimate of drug-likeness (QED) is 0.832. The number of para-hydroxylation sites is 1. The van der Waals surface area contributed by atoms with Crippen LogP contribution in [0.3, 0.4) is 0 Å². The van der Waals surface area contributed by atoms with Crippen LogP contribution >= 0.6 is 0 Å². The van der Waals surface area contributed by atoms with Crippen LogP contribution in [0.5, 0.6) is 5.75 Å². The summed E-state index contributed by atoms with van der Waals surface area (Å²) in [5.41, 5.74) is 1.02. The summed E-state index contributed by atoms with van der Waals surface area (Å²) in [6.07, 6.45) is -1.36. The summed E-state index contributed by atoms with van der Waals surface area (Å²) in [7, 11) is 1.23. The maximum atomic E-state index is 11.5. The normalized spacial score (nSPS) is 12.9. The zero-order valence-electron chi connectivity index (χ0n) is 11.1. The lowest BCUT2D eigenvalue weighted by Crippen LogP contribution is -2.18. The minimum atomic E-state index is -1.36. The van der Waals surface area contributed by atoms with Gasteiger partial charge >= 0.3 is 5.97 Å². The second-order valence-electron chi connectivity index (χ2n) is 4.67. The molecule has 0 bridgehead atoms. The van der Waals surface area contributed by atoms with Crippen molar-refractivity contribution in [1.82, 2.24) is 4.57 Å². The molecule has 102 valence electrons. The molecule has 1 atom stereocenters. The fourth-order valence-corrected chi connectivity index (χ4v) is 2.29. The van der Waals surface area contributed by atoms with Crippen LogP contribution in [-0.4, -0.2) is 27.9 Å². The van der Waals surface area contributed by atoms with Gasteiger partial charge in [0.05, 0.1) is 18.3 Å². The number of carbonyl (C=O) groups excluding carboxylic acids is 1. The van der Waals surface area contributed by atoms with Crippen molar-refractivity contribution in [2.75, 3.05) is 7.11 Å². The molecule has 2 aromatic rings. The zero-order valence-corrected chi connectivity index (χ0v) is 11.1. The molecule has 19 heavy (non-hydrogen) atoms. The van der Waals surface area contributed by atoms with Gasteiger partial charge in [-0.2, -0.15) is 0 Å². The molecule has 1 aromatic carbocycles. The number of aromatic nitrogens is 1. The fraction of sp³-hybridized carbons (Fsp3) is 0.357. The molecular formula is C14H17NO4. The topological polar surface area (TPSA) is 71.7 Å². The predicted molar refractivity (Wildman–Crippen MR) is 71.0 cm³/mol. The van der Waals surface area contributed by atoms with Crippen molar-refractivity contribution in [2.45, 2.75) is 26.0 Å². The van der Waals surface area contributed by atoms with E-state index in [4.69, 9.17) is 0 Å². The molecule has 1 aromatic heterocycles. The number of methoxy groups -OCH3 is 1. The maximum Gasteiger partial charge on any atom is 0.340 e. The van der Waals surface area contributed by atoms with Crippen molar-refractivity contribution < 1.29 is 19.7 Å². The first-order chi connectivity index (χ1) is 8.97. The molecule has 0 saturated heterocycles. The van der Waals surface area contributed by atoms with Gasteiger partial charge in [0, 0.05) is 11.4 Å². The van der Waals surface area contributed by atoms with E-state index in [0.29, 0.717) is 11.2 Å². The summed E-state index contributed by atoms with van der Waals surface area (Å²) in [4.78, 5) is 11.5. The Kier molecular flexibility index (Phi) is 3.48. The van der Waals surface area contributed by atoms with Crippen LogP contribution < -0.4 is 0 Å². The number of ether oxygens (including phenoxy) is 1. The predicted octanol–water partition coefficient (Wildman–Crippen LogP) is 2.13. The van der Waals surface area contributed by atoms with Gasteiger partial charge < -0.3 is 19.5 Å². The second-order valence-corrected chi connectivity index (χ2v) is 4.67. The van der Waals surface area contributed by atoms with Crippen molar-refractivity contribution in [3.8, 4) is 5.75 Å². The SMILES string of the molecule is COC(=O)C(O)c1cc2cccc(O)c2n1C(C)C. The standard InChI is InChI=1S/C14H17NO4/c1-8(2)15-10(13(17)14(18)19-3)7-9-5-4-6-11(16)12(9)15/h4-8,13,16-17H,1-3H3. The van der Waals surface area contributed by atoms with Crippen molar-refractivity contribution in [3.05, 3.63) is 30.0 Å². The molecule has 0 amide bonds. The monoisotopic (exact) mass is 263 g/mol. The fourth-order valence-electron chi connectivity index (χ4n) is 2.29. The second kappa shape index (κ2) is 4.93. The first-order valence-electron chi connectivity index (χ1n) is 6.06. The van der Waals surface area contributed by atoms with Gasteiger partial charge in [-0.1, -0.05) is 12.1 Å². The van der Waals surface area contributed by atoms with E-state index in [1.54, 1.807) is 22.8 Å². The first-order valence-corrected chi connectivity index (χ1v) is 6.06. The minimum Gasteiger partial charge on any atom is -0.506 e. The Morgan fingerprint density at radius 3 is 2.63 bits per heavy atom. The summed E-state index contributed by atoms with van der Waals surface area (Å²) in [6, 6.07) is 6.80. The largest absolute Gasteiger partial charge is 0.506 e. The highest BCUT2D eigenvalue weighted by molar-refractivity contribution is 5.88. The Balaban J connectivity index is 2.71. The third-order valence-corrected chi connectivity index (χ3v) is 3.09. The van der Waals surface area contributed by atoms with Crippen LogP contribution in [-0.2, 0) is 9.53 Å². The van der Waals surface area contributed by atoms with E-state index in [9.17, 15) is 15.0 Å². The number of rotatable bonds is 3. The number of fused-ring (bicyclic) bond motifs is 1. The maximum absolute atomic E-state index is 11.5. The molecule has 0 saturated carbocycles. The molecule has 0 aliphatic rings. The van der Waals surface area contributed by atoms with E-state index < -0.39 is 12.1 Å². The number of benzene rings is 1. The van der Waals surface area contributed by atoms with Gasteiger partial charge in [0.1, 0.15) is 5.75 Å². The van der Waals surface area contributed by atoms with Crippen molar-refractivity contribution in [3.63, 3.8) is 0 Å². The van der Waals surface area contributed by atoms with Crippen LogP contribution in [0.25, 0.3) is 10.9 Å². The molecule has 0 radical (unpaired) electrons. The van der Waals surface area contributed by atoms with Gasteiger partial charge in [-0.15, -0.1) is 0 Å². The molecule has 2 N–H and O–H groups in total. The van der Waals surface area contributed by atoms with E-state index in [2.05, 4.69) is 4.74 Å². The number of esters is 1. The molecule has 1 unspecified atom stereocenters. The number of carbonyl (C=O) groups is 1. The van der Waals surface area contributed by atoms with Crippen LogP contribution in [0.15, 0.2) is 24.3 Å². The Morgan fingerprint density at radius 1 is 1.37 bits per heavy atom. The molecule has 5 nitrogen and oxygen atoms in total. The zero-order chi connectivity index (χ0) is 14.2. The number of hydrogen-bond acceptors (Lipinski definition) is 4. The number of hydrogen-bond donors (Lipinski definition) is 2. The van der Waals surface area contributed by atoms with E-state index in [-0.39, 0.29) is 11.8 Å². The number of nitrogens with zero attached hydrogens (tertiary/aromatic N) is 1. The summed E-state index contributed by atoms with van der Waals surface area (Å²) in [5.74, 6) is -0.598. The van der Waals surface area contributed by atoms with Crippen LogP contribution in [0, 0.1) is 0 Å². The van der Waals surface area contributed by atoms with Gasteiger partial charge in [0.15, 0.2) is 6.10 Å². The molecule has 0 aliphatic carbocycles. The van der Waals surface area contributed by atoms with Gasteiger partial charge in [0.25, 0.3) is 0 Å². The Labute approximate surface area is 111 Å². The molecule has 1 heterocycles. The number of aliphatic hydroxyl groups is 1. The summed E-state index contributed by atoms with van der Waals surface area (Å²) < 4.78 is 6.30. The van der Waals surface area contributed by atoms with E-state index in [1.807, 2.05) is 19.9 Å². The molecular weight excluding hydrogens is 246 g/mol. The smallest absolute Gasteiger partial charge is 0.340 e. The van der Waals surface area contributed by atoms with Gasteiger partial charge in [0.2, 0.25) is 0 Å². The number of aromatic hydroxyl groups is 1. The van der Waals surface area contributed by atoms with Crippen LogP contribution in [0.1, 0.15) is 31.7 Å². The lowest BCUT2D eigenvalue weighted by Gasteiger charge is -2.17. The highest BCUT2D eigenvalue weighted by Gasteiger charge is 2.25. The average molecular weight is 263 g/mol. The summed E-state index contributed by atoms with van der Waals surface area (Å²) in [6.45, 7) is 3.83. The Bertz CT molecular complexity index is 615. The lowest BCUT2D eigenvalue weighted by atomic mass is 10.2. The van der Waals surface area contributed by atoms with E-state index >= 15 is 0 Å². The third-order valence-electron chi connectivity index (χ3n) is 3.09. The van der Waals surface area contributed by atoms with Gasteiger partial charge in [-0.3, -0.25) is 0 Å². The highest BCUT2D eigenvalue weighted by atomic mass is 16.5. The van der Waals surface area contributed by atoms with E-state index in [0.717, 1.165) is 5.39 Å². The van der Waals surface area contributed by atoms with Crippen LogP contribution in [0.2, 0.25) is 0 Å². The van der Waals surface area contributed by atoms with E-state index in [1.165, 1.54) is 7.11 Å². The Hall–Kier alpha value is -2.01. The molecule has 0 spiro atoms. The lowest BCUT2D eigenvalue weighted by molar-refractivity contribution is -0.151. The van der Waals surface area contributed by atoms with Crippen molar-refractivity contribution >= 4 is 16.9 Å². The molecule has 2 rings (SSSR count). The number of aliphatic hydroxyl groups excluding tert-OH is 1. The summed E-state index contributed by atoms with van der Waals surface area (Å²) >= 11 is 0. The highest BCUT2D eigenvalue weighted by Crippen LogP contribution is 2.33. The van der Waals surface area contributed by atoms with Gasteiger partial charge in [-0.05, 0) is 26.0 Å². The average Bonchev–Trinajstić information content (AvgIpc) is 2.77. The molecule has 5 heteroatoms. The number of phenolic OH excluding ortho intramolecular Hbond substituents is 1. The Morgan fingerprint density at radius 2 is 2.05 bits per heavy atom. The summed E-state index contributed by atoms with van der Waals surface area (Å²) in [5, 5.41) is 20.8. The minimum absolute atomic E-state index is 0.0138. The van der Waals surface area contributed by atoms with Crippen molar-refractivity contribution in [1.29, 1.82) is 0 Å². The first kappa shape index (κ1) is 13.4. The van der Waals surface area contributed by atoms with Gasteiger partial charge in [-0.25, -0.2) is 4.79 Å². The number of phenols is 1. The van der Waals surface area contributed by atoms with Crippen molar-refractivity contribution in [2.24, 2.45) is 0 Å². The third kappa shape index (κ3) is 2.17.